The third-order valence-corrected chi connectivity index (χ3v) is 5.20. The minimum Gasteiger partial charge on any atom is -0.493 e. The first-order chi connectivity index (χ1) is 12.1. The van der Waals surface area contributed by atoms with Crippen LogP contribution in [0.15, 0.2) is 36.5 Å². The van der Waals surface area contributed by atoms with Gasteiger partial charge in [-0.2, -0.15) is 0 Å². The lowest BCUT2D eigenvalue weighted by Crippen LogP contribution is -2.41. The monoisotopic (exact) mass is 338 g/mol. The number of carbonyl (C=O) groups is 1. The fraction of sp³-hybridized carbons (Fsp3) is 0.400. The molecule has 0 unspecified atom stereocenters. The van der Waals surface area contributed by atoms with E-state index in [-0.39, 0.29) is 24.0 Å². The predicted molar refractivity (Wildman–Crippen MR) is 93.6 cm³/mol. The molecular weight excluding hydrogens is 316 g/mol. The number of amides is 1. The van der Waals surface area contributed by atoms with Crippen LogP contribution in [0, 0.1) is 12.8 Å². The maximum atomic E-state index is 12.7. The lowest BCUT2D eigenvalue weighted by molar-refractivity contribution is 0.0234. The SMILES string of the molecule is Cc1cccnc1C(=O)N[C@@H](c1ccc2c(c1)CCO2)C1CC(O)C1. The molecule has 2 aliphatic rings. The van der Waals surface area contributed by atoms with E-state index in [1.54, 1.807) is 6.20 Å². The number of aliphatic hydroxyl groups is 1. The first kappa shape index (κ1) is 16.1. The Balaban J connectivity index is 1.61. The van der Waals surface area contributed by atoms with E-state index in [2.05, 4.69) is 16.4 Å². The Kier molecular flexibility index (Phi) is 4.17. The van der Waals surface area contributed by atoms with E-state index in [4.69, 9.17) is 4.74 Å². The highest BCUT2D eigenvalue weighted by Gasteiger charge is 2.36. The molecule has 1 aromatic carbocycles. The van der Waals surface area contributed by atoms with E-state index in [1.807, 2.05) is 31.2 Å². The fourth-order valence-electron chi connectivity index (χ4n) is 3.71. The molecular formula is C20H22N2O3. The first-order valence-electron chi connectivity index (χ1n) is 8.78. The summed E-state index contributed by atoms with van der Waals surface area (Å²) in [6.07, 6.45) is 3.69. The van der Waals surface area contributed by atoms with Crippen molar-refractivity contribution >= 4 is 5.91 Å². The van der Waals surface area contributed by atoms with Gasteiger partial charge in [-0.25, -0.2) is 0 Å². The molecule has 2 aromatic rings. The fourth-order valence-corrected chi connectivity index (χ4v) is 3.71. The van der Waals surface area contributed by atoms with Gasteiger partial charge in [0.2, 0.25) is 0 Å². The van der Waals surface area contributed by atoms with Crippen LogP contribution in [0.2, 0.25) is 0 Å². The molecule has 2 N–H and O–H groups in total. The lowest BCUT2D eigenvalue weighted by Gasteiger charge is -2.38. The average molecular weight is 338 g/mol. The van der Waals surface area contributed by atoms with Crippen molar-refractivity contribution in [1.82, 2.24) is 10.3 Å². The zero-order valence-electron chi connectivity index (χ0n) is 14.2. The zero-order chi connectivity index (χ0) is 17.4. The van der Waals surface area contributed by atoms with Crippen LogP contribution in [-0.4, -0.2) is 28.7 Å². The van der Waals surface area contributed by atoms with Crippen molar-refractivity contribution < 1.29 is 14.6 Å². The average Bonchev–Trinajstić information content (AvgIpc) is 3.05. The first-order valence-corrected chi connectivity index (χ1v) is 8.78. The third-order valence-electron chi connectivity index (χ3n) is 5.20. The second-order valence-corrected chi connectivity index (χ2v) is 6.97. The predicted octanol–water partition coefficient (Wildman–Crippen LogP) is 2.57. The summed E-state index contributed by atoms with van der Waals surface area (Å²) < 4.78 is 5.58. The standard InChI is InChI=1S/C20H22N2O3/c1-12-3-2-7-21-18(12)20(24)22-19(15-10-16(23)11-15)14-4-5-17-13(9-14)6-8-25-17/h2-5,7,9,15-16,19,23H,6,8,10-11H2,1H3,(H,22,24)/t15?,16?,19-/m0/s1. The van der Waals surface area contributed by atoms with E-state index >= 15 is 0 Å². The number of nitrogens with one attached hydrogen (secondary N) is 1. The molecule has 1 atom stereocenters. The minimum atomic E-state index is -0.265. The minimum absolute atomic E-state index is 0.122. The summed E-state index contributed by atoms with van der Waals surface area (Å²) in [7, 11) is 0. The summed E-state index contributed by atoms with van der Waals surface area (Å²) in [6.45, 7) is 2.60. The van der Waals surface area contributed by atoms with Crippen LogP contribution in [0.5, 0.6) is 5.75 Å². The topological polar surface area (TPSA) is 71.5 Å². The maximum Gasteiger partial charge on any atom is 0.270 e. The number of nitrogens with zero attached hydrogens (tertiary/aromatic N) is 1. The Morgan fingerprint density at radius 3 is 2.96 bits per heavy atom. The zero-order valence-corrected chi connectivity index (χ0v) is 14.2. The van der Waals surface area contributed by atoms with Gasteiger partial charge in [0.1, 0.15) is 11.4 Å². The molecule has 1 amide bonds. The molecule has 25 heavy (non-hydrogen) atoms. The van der Waals surface area contributed by atoms with Gasteiger partial charge < -0.3 is 15.2 Å². The number of carbonyl (C=O) groups excluding carboxylic acids is 1. The summed E-state index contributed by atoms with van der Waals surface area (Å²) in [4.78, 5) is 17.0. The van der Waals surface area contributed by atoms with Gasteiger partial charge in [0.05, 0.1) is 18.8 Å². The second kappa shape index (κ2) is 6.48. The molecule has 1 fully saturated rings. The van der Waals surface area contributed by atoms with Crippen LogP contribution in [0.4, 0.5) is 0 Å². The number of aryl methyl sites for hydroxylation is 1. The largest absolute Gasteiger partial charge is 0.493 e. The molecule has 130 valence electrons. The van der Waals surface area contributed by atoms with E-state index in [9.17, 15) is 9.90 Å². The van der Waals surface area contributed by atoms with Crippen LogP contribution in [0.25, 0.3) is 0 Å². The molecule has 5 nitrogen and oxygen atoms in total. The van der Waals surface area contributed by atoms with Crippen LogP contribution in [-0.2, 0) is 6.42 Å². The number of hydrogen-bond acceptors (Lipinski definition) is 4. The van der Waals surface area contributed by atoms with E-state index < -0.39 is 0 Å². The van der Waals surface area contributed by atoms with Crippen molar-refractivity contribution in [2.45, 2.75) is 38.3 Å². The molecule has 1 aromatic heterocycles. The molecule has 0 radical (unpaired) electrons. The number of rotatable bonds is 4. The van der Waals surface area contributed by atoms with Crippen LogP contribution >= 0.6 is 0 Å². The van der Waals surface area contributed by atoms with Gasteiger partial charge in [-0.05, 0) is 60.6 Å². The van der Waals surface area contributed by atoms with Crippen LogP contribution in [0.1, 0.15) is 46.1 Å². The molecule has 1 aliphatic carbocycles. The second-order valence-electron chi connectivity index (χ2n) is 6.97. The summed E-state index contributed by atoms with van der Waals surface area (Å²) in [5.74, 6) is 1.01. The molecule has 0 bridgehead atoms. The number of ether oxygens (including phenoxy) is 1. The highest BCUT2D eigenvalue weighted by atomic mass is 16.5. The van der Waals surface area contributed by atoms with Gasteiger partial charge in [0.25, 0.3) is 5.91 Å². The van der Waals surface area contributed by atoms with Crippen molar-refractivity contribution in [2.75, 3.05) is 6.61 Å². The van der Waals surface area contributed by atoms with Gasteiger partial charge in [-0.3, -0.25) is 9.78 Å². The Hall–Kier alpha value is -2.40. The third kappa shape index (κ3) is 3.12. The quantitative estimate of drug-likeness (QED) is 0.899. The highest BCUT2D eigenvalue weighted by molar-refractivity contribution is 5.93. The highest BCUT2D eigenvalue weighted by Crippen LogP contribution is 2.40. The molecule has 4 rings (SSSR count). The molecule has 2 heterocycles. The molecule has 1 saturated carbocycles. The van der Waals surface area contributed by atoms with Crippen molar-refractivity contribution in [2.24, 2.45) is 5.92 Å². The summed E-state index contributed by atoms with van der Waals surface area (Å²) >= 11 is 0. The molecule has 5 heteroatoms. The summed E-state index contributed by atoms with van der Waals surface area (Å²) in [6, 6.07) is 9.72. The van der Waals surface area contributed by atoms with Crippen molar-refractivity contribution in [3.8, 4) is 5.75 Å². The number of hydrogen-bond donors (Lipinski definition) is 2. The molecule has 0 saturated heterocycles. The van der Waals surface area contributed by atoms with Gasteiger partial charge >= 0.3 is 0 Å². The maximum absolute atomic E-state index is 12.7. The van der Waals surface area contributed by atoms with Crippen molar-refractivity contribution in [3.05, 3.63) is 58.9 Å². The number of fused-ring (bicyclic) bond motifs is 1. The van der Waals surface area contributed by atoms with Crippen molar-refractivity contribution in [1.29, 1.82) is 0 Å². The van der Waals surface area contributed by atoms with Gasteiger partial charge in [0, 0.05) is 12.6 Å². The van der Waals surface area contributed by atoms with E-state index in [1.165, 1.54) is 5.56 Å². The normalized spacial score (nSPS) is 22.5. The van der Waals surface area contributed by atoms with E-state index in [0.717, 1.165) is 23.3 Å². The van der Waals surface area contributed by atoms with E-state index in [0.29, 0.717) is 25.1 Å². The number of benzene rings is 1. The Morgan fingerprint density at radius 2 is 2.20 bits per heavy atom. The molecule has 0 spiro atoms. The Bertz CT molecular complexity index is 799. The van der Waals surface area contributed by atoms with Gasteiger partial charge in [-0.15, -0.1) is 0 Å². The van der Waals surface area contributed by atoms with Gasteiger partial charge in [0.15, 0.2) is 0 Å². The Labute approximate surface area is 147 Å². The van der Waals surface area contributed by atoms with Crippen molar-refractivity contribution in [3.63, 3.8) is 0 Å². The number of aromatic nitrogens is 1. The number of pyridine rings is 1. The smallest absolute Gasteiger partial charge is 0.270 e. The van der Waals surface area contributed by atoms with Crippen LogP contribution in [0.3, 0.4) is 0 Å². The summed E-state index contributed by atoms with van der Waals surface area (Å²) in [5.41, 5.74) is 3.57. The number of aliphatic hydroxyl groups excluding tert-OH is 1. The summed E-state index contributed by atoms with van der Waals surface area (Å²) in [5, 5.41) is 12.9. The van der Waals surface area contributed by atoms with Gasteiger partial charge in [-0.1, -0.05) is 12.1 Å². The lowest BCUT2D eigenvalue weighted by atomic mass is 9.74. The van der Waals surface area contributed by atoms with Crippen LogP contribution < -0.4 is 10.1 Å². The molecule has 1 aliphatic heterocycles. The Morgan fingerprint density at radius 1 is 1.36 bits per heavy atom.